The van der Waals surface area contributed by atoms with E-state index in [-0.39, 0.29) is 53.2 Å². The number of benzene rings is 1. The van der Waals surface area contributed by atoms with E-state index in [1.165, 1.54) is 27.9 Å². The van der Waals surface area contributed by atoms with Crippen molar-refractivity contribution in [3.8, 4) is 0 Å². The molecule has 0 aliphatic rings. The average Bonchev–Trinajstić information content (AvgIpc) is 3.09. The summed E-state index contributed by atoms with van der Waals surface area (Å²) >= 11 is 5.74. The number of nitrogen functional groups attached to an aromatic ring is 1. The van der Waals surface area contributed by atoms with Gasteiger partial charge in [-0.2, -0.15) is 10.1 Å². The van der Waals surface area contributed by atoms with Gasteiger partial charge in [-0.1, -0.05) is 23.7 Å². The van der Waals surface area contributed by atoms with Crippen LogP contribution in [0.4, 0.5) is 10.3 Å². The maximum atomic E-state index is 14.0. The smallest absolute Gasteiger partial charge is 0.263 e. The highest BCUT2D eigenvalue weighted by atomic mass is 35.5. The van der Waals surface area contributed by atoms with Crippen molar-refractivity contribution >= 4 is 40.4 Å². The molecule has 2 heterocycles. The monoisotopic (exact) mass is 449 g/mol. The third-order valence-corrected chi connectivity index (χ3v) is 4.81. The highest BCUT2D eigenvalue weighted by Gasteiger charge is 2.21. The second-order valence-corrected chi connectivity index (χ2v) is 7.53. The number of nitrogens with zero attached hydrogens (tertiary/aromatic N) is 4. The molecule has 3 rings (SSSR count). The number of amides is 2. The highest BCUT2D eigenvalue weighted by molar-refractivity contribution is 6.30. The Labute approximate surface area is 181 Å². The molecule has 0 aliphatic carbocycles. The number of halogens is 2. The number of fused-ring (bicyclic) bond motifs is 1. The zero-order valence-electron chi connectivity index (χ0n) is 16.9. The molecule has 0 unspecified atom stereocenters. The van der Waals surface area contributed by atoms with Gasteiger partial charge in [0.25, 0.3) is 5.56 Å². The fourth-order valence-corrected chi connectivity index (χ4v) is 3.13. The van der Waals surface area contributed by atoms with E-state index >= 15 is 0 Å². The Bertz CT molecular complexity index is 1190. The van der Waals surface area contributed by atoms with E-state index in [1.807, 2.05) is 0 Å². The Morgan fingerprint density at radius 3 is 2.84 bits per heavy atom. The lowest BCUT2D eigenvalue weighted by Gasteiger charge is -2.26. The van der Waals surface area contributed by atoms with Crippen molar-refractivity contribution in [3.63, 3.8) is 0 Å². The molecule has 10 nitrogen and oxygen atoms in total. The molecule has 1 aromatic carbocycles. The maximum absolute atomic E-state index is 14.0. The Balaban J connectivity index is 1.66. The molecule has 0 saturated carbocycles. The van der Waals surface area contributed by atoms with Crippen molar-refractivity contribution in [2.75, 3.05) is 12.3 Å². The summed E-state index contributed by atoms with van der Waals surface area (Å²) in [5, 5.41) is 6.83. The summed E-state index contributed by atoms with van der Waals surface area (Å²) in [6.45, 7) is 3.02. The van der Waals surface area contributed by atoms with Gasteiger partial charge in [-0.15, -0.1) is 0 Å². The van der Waals surface area contributed by atoms with E-state index in [9.17, 15) is 18.8 Å². The van der Waals surface area contributed by atoms with Crippen molar-refractivity contribution in [1.29, 1.82) is 0 Å². The van der Waals surface area contributed by atoms with Crippen LogP contribution >= 0.6 is 11.6 Å². The lowest BCUT2D eigenvalue weighted by Crippen LogP contribution is -2.45. The quantitative estimate of drug-likeness (QED) is 0.492. The Morgan fingerprint density at radius 1 is 1.39 bits per heavy atom. The number of H-pyrrole nitrogens is 1. The minimum Gasteiger partial charge on any atom is -0.369 e. The number of aromatic amines is 1. The number of nitrogens with two attached hydrogens (primary N) is 1. The number of anilines is 1. The van der Waals surface area contributed by atoms with E-state index in [0.717, 1.165) is 0 Å². The topological polar surface area (TPSA) is 139 Å². The second-order valence-electron chi connectivity index (χ2n) is 7.12. The summed E-state index contributed by atoms with van der Waals surface area (Å²) in [5.74, 6) is -1.53. The number of carbonyl (C=O) groups is 2. The molecule has 164 valence electrons. The summed E-state index contributed by atoms with van der Waals surface area (Å²) in [5.41, 5.74) is 5.39. The Kier molecular flexibility index (Phi) is 6.54. The molecule has 4 N–H and O–H groups in total. The van der Waals surface area contributed by atoms with Crippen LogP contribution in [0.15, 0.2) is 29.2 Å². The second kappa shape index (κ2) is 9.13. The lowest BCUT2D eigenvalue weighted by atomic mass is 10.2. The van der Waals surface area contributed by atoms with Crippen LogP contribution < -0.4 is 16.6 Å². The van der Waals surface area contributed by atoms with Gasteiger partial charge in [0, 0.05) is 24.3 Å². The zero-order valence-corrected chi connectivity index (χ0v) is 17.6. The molecule has 12 heteroatoms. The van der Waals surface area contributed by atoms with Gasteiger partial charge in [-0.3, -0.25) is 24.0 Å². The predicted octanol–water partition coefficient (Wildman–Crippen LogP) is 1.05. The first-order valence-corrected chi connectivity index (χ1v) is 9.75. The molecular weight excluding hydrogens is 429 g/mol. The first kappa shape index (κ1) is 22.2. The van der Waals surface area contributed by atoms with E-state index in [1.54, 1.807) is 19.9 Å². The number of nitrogens with one attached hydrogen (secondary N) is 2. The maximum Gasteiger partial charge on any atom is 0.263 e. The van der Waals surface area contributed by atoms with Gasteiger partial charge in [-0.05, 0) is 19.9 Å². The molecular formula is C19H21ClFN7O3. The van der Waals surface area contributed by atoms with Gasteiger partial charge < -0.3 is 16.0 Å². The number of hydrogen-bond donors (Lipinski definition) is 3. The molecule has 0 bridgehead atoms. The van der Waals surface area contributed by atoms with Crippen molar-refractivity contribution in [1.82, 2.24) is 30.0 Å². The molecule has 0 saturated heterocycles. The normalized spacial score (nSPS) is 11.1. The van der Waals surface area contributed by atoms with Gasteiger partial charge in [0.05, 0.1) is 11.6 Å². The molecule has 2 aromatic heterocycles. The molecule has 0 fully saturated rings. The van der Waals surface area contributed by atoms with Gasteiger partial charge in [0.15, 0.2) is 5.65 Å². The standard InChI is InChI=1S/C19H21ClFN7O3/c1-10(2)28(8-14(29)23-6-11-4-3-5-13(20)16(11)21)15(30)9-27-7-12-17(26-27)24-19(22)25-18(12)31/h3-5,7,10H,6,8-9H2,1-2H3,(H,23,29)(H3,22,24,25,26,31). The third kappa shape index (κ3) is 5.18. The SMILES string of the molecule is CC(C)N(CC(=O)NCc1cccc(Cl)c1F)C(=O)Cn1cc2c(=O)[nH]c(N)nc2n1. The van der Waals surface area contributed by atoms with E-state index in [2.05, 4.69) is 20.4 Å². The number of hydrogen-bond acceptors (Lipinski definition) is 6. The Morgan fingerprint density at radius 2 is 2.13 bits per heavy atom. The van der Waals surface area contributed by atoms with Crippen molar-refractivity contribution in [3.05, 3.63) is 51.2 Å². The fourth-order valence-electron chi connectivity index (χ4n) is 2.94. The summed E-state index contributed by atoms with van der Waals surface area (Å²) in [4.78, 5) is 44.7. The minimum absolute atomic E-state index is 0.0348. The van der Waals surface area contributed by atoms with E-state index < -0.39 is 23.2 Å². The third-order valence-electron chi connectivity index (χ3n) is 4.52. The molecule has 2 amide bonds. The van der Waals surface area contributed by atoms with Crippen LogP contribution in [0.5, 0.6) is 0 Å². The van der Waals surface area contributed by atoms with E-state index in [0.29, 0.717) is 0 Å². The predicted molar refractivity (Wildman–Crippen MR) is 113 cm³/mol. The molecule has 0 radical (unpaired) electrons. The summed E-state index contributed by atoms with van der Waals surface area (Å²) in [6, 6.07) is 4.22. The van der Waals surface area contributed by atoms with Crippen molar-refractivity contribution in [2.24, 2.45) is 0 Å². The lowest BCUT2D eigenvalue weighted by molar-refractivity contribution is -0.138. The van der Waals surface area contributed by atoms with Crippen LogP contribution in [-0.2, 0) is 22.7 Å². The molecule has 31 heavy (non-hydrogen) atoms. The molecule has 0 spiro atoms. The fraction of sp³-hybridized carbons (Fsp3) is 0.316. The summed E-state index contributed by atoms with van der Waals surface area (Å²) in [7, 11) is 0. The minimum atomic E-state index is -0.601. The first-order chi connectivity index (χ1) is 14.7. The summed E-state index contributed by atoms with van der Waals surface area (Å²) < 4.78 is 15.2. The Hall–Kier alpha value is -3.47. The highest BCUT2D eigenvalue weighted by Crippen LogP contribution is 2.17. The van der Waals surface area contributed by atoms with E-state index in [4.69, 9.17) is 17.3 Å². The van der Waals surface area contributed by atoms with Gasteiger partial charge in [0.1, 0.15) is 17.7 Å². The number of rotatable bonds is 7. The van der Waals surface area contributed by atoms with Crippen LogP contribution in [-0.4, -0.2) is 49.0 Å². The average molecular weight is 450 g/mol. The summed E-state index contributed by atoms with van der Waals surface area (Å²) in [6.07, 6.45) is 1.39. The molecule has 0 aliphatic heterocycles. The van der Waals surface area contributed by atoms with Gasteiger partial charge >= 0.3 is 0 Å². The number of aromatic nitrogens is 4. The molecule has 0 atom stereocenters. The van der Waals surface area contributed by atoms with Crippen LogP contribution in [0.3, 0.4) is 0 Å². The number of carbonyl (C=O) groups excluding carboxylic acids is 2. The van der Waals surface area contributed by atoms with Crippen LogP contribution in [0.1, 0.15) is 19.4 Å². The zero-order chi connectivity index (χ0) is 22.7. The van der Waals surface area contributed by atoms with Crippen molar-refractivity contribution < 1.29 is 14.0 Å². The largest absolute Gasteiger partial charge is 0.369 e. The van der Waals surface area contributed by atoms with Gasteiger partial charge in [0.2, 0.25) is 17.8 Å². The first-order valence-electron chi connectivity index (χ1n) is 9.37. The van der Waals surface area contributed by atoms with Crippen LogP contribution in [0.25, 0.3) is 11.0 Å². The van der Waals surface area contributed by atoms with Gasteiger partial charge in [-0.25, -0.2) is 4.39 Å². The van der Waals surface area contributed by atoms with Crippen LogP contribution in [0, 0.1) is 5.82 Å². The van der Waals surface area contributed by atoms with Crippen molar-refractivity contribution in [2.45, 2.75) is 33.0 Å². The van der Waals surface area contributed by atoms with Crippen LogP contribution in [0.2, 0.25) is 5.02 Å². The molecule has 3 aromatic rings.